The first kappa shape index (κ1) is 20.6. The van der Waals surface area contributed by atoms with Gasteiger partial charge < -0.3 is 19.8 Å². The van der Waals surface area contributed by atoms with Gasteiger partial charge in [0.2, 0.25) is 0 Å². The van der Waals surface area contributed by atoms with Gasteiger partial charge in [-0.05, 0) is 41.7 Å². The Morgan fingerprint density at radius 2 is 1.50 bits per heavy atom. The lowest BCUT2D eigenvalue weighted by atomic mass is 9.82. The van der Waals surface area contributed by atoms with Crippen molar-refractivity contribution < 1.29 is 14.9 Å². The van der Waals surface area contributed by atoms with E-state index in [0.717, 1.165) is 36.4 Å². The number of nitrogens with zero attached hydrogens (tertiary/aromatic N) is 1. The largest absolute Gasteiger partial charge is 0.489 e. The van der Waals surface area contributed by atoms with Crippen LogP contribution in [0.15, 0.2) is 84.9 Å². The van der Waals surface area contributed by atoms with E-state index in [2.05, 4.69) is 17.0 Å². The zero-order chi connectivity index (χ0) is 20.8. The molecule has 0 spiro atoms. The average Bonchev–Trinajstić information content (AvgIpc) is 2.80. The Bertz CT molecular complexity index is 914. The minimum Gasteiger partial charge on any atom is -0.489 e. The highest BCUT2D eigenvalue weighted by Crippen LogP contribution is 2.34. The van der Waals surface area contributed by atoms with Gasteiger partial charge in [-0.25, -0.2) is 0 Å². The van der Waals surface area contributed by atoms with Crippen LogP contribution < -0.4 is 4.74 Å². The average molecular weight is 404 g/mol. The van der Waals surface area contributed by atoms with Gasteiger partial charge in [-0.15, -0.1) is 0 Å². The summed E-state index contributed by atoms with van der Waals surface area (Å²) < 4.78 is 5.83. The van der Waals surface area contributed by atoms with E-state index >= 15 is 0 Å². The summed E-state index contributed by atoms with van der Waals surface area (Å²) in [6.07, 6.45) is 0.630. The lowest BCUT2D eigenvalue weighted by molar-refractivity contribution is -0.124. The zero-order valence-electron chi connectivity index (χ0n) is 17.2. The summed E-state index contributed by atoms with van der Waals surface area (Å²) in [6, 6.07) is 27.8. The minimum atomic E-state index is -1.22. The summed E-state index contributed by atoms with van der Waals surface area (Å²) >= 11 is 0. The van der Waals surface area contributed by atoms with E-state index in [1.807, 2.05) is 72.8 Å². The normalized spacial score (nSPS) is 22.0. The fourth-order valence-electron chi connectivity index (χ4n) is 4.03. The number of ether oxygens (including phenoxy) is 1. The quantitative estimate of drug-likeness (QED) is 0.631. The SMILES string of the molecule is O[C@@H]1CN(CCc2ccccc2)CC[C@@]1(O)c1ccc(OCc2ccccc2)cc1. The van der Waals surface area contributed by atoms with Crippen LogP contribution in [0.25, 0.3) is 0 Å². The van der Waals surface area contributed by atoms with Crippen molar-refractivity contribution in [1.29, 1.82) is 0 Å². The molecule has 4 rings (SSSR count). The van der Waals surface area contributed by atoms with E-state index in [1.165, 1.54) is 5.56 Å². The van der Waals surface area contributed by atoms with Gasteiger partial charge >= 0.3 is 0 Å². The van der Waals surface area contributed by atoms with Crippen molar-refractivity contribution in [2.24, 2.45) is 0 Å². The van der Waals surface area contributed by atoms with Crippen LogP contribution in [0.1, 0.15) is 23.1 Å². The summed E-state index contributed by atoms with van der Waals surface area (Å²) in [6.45, 7) is 2.61. The standard InChI is InChI=1S/C26H29NO3/c28-25-19-27(17-15-21-7-3-1-4-8-21)18-16-26(25,29)23-11-13-24(14-12-23)30-20-22-9-5-2-6-10-22/h1-14,25,28-29H,15-20H2/t25-,26-/m1/s1. The minimum absolute atomic E-state index is 0.468. The van der Waals surface area contributed by atoms with Crippen LogP contribution in [0.4, 0.5) is 0 Å². The number of rotatable bonds is 7. The Morgan fingerprint density at radius 1 is 0.867 bits per heavy atom. The lowest BCUT2D eigenvalue weighted by Crippen LogP contribution is -2.53. The molecule has 30 heavy (non-hydrogen) atoms. The van der Waals surface area contributed by atoms with E-state index in [1.54, 1.807) is 0 Å². The molecule has 1 fully saturated rings. The third-order valence-corrected chi connectivity index (χ3v) is 5.95. The van der Waals surface area contributed by atoms with Crippen LogP contribution in [-0.2, 0) is 18.6 Å². The maximum absolute atomic E-state index is 11.2. The van der Waals surface area contributed by atoms with Crippen molar-refractivity contribution in [3.8, 4) is 5.75 Å². The van der Waals surface area contributed by atoms with Crippen molar-refractivity contribution >= 4 is 0 Å². The molecular weight excluding hydrogens is 374 g/mol. The molecule has 0 bridgehead atoms. The summed E-state index contributed by atoms with van der Waals surface area (Å²) in [4.78, 5) is 2.23. The molecule has 0 radical (unpaired) electrons. The second-order valence-electron chi connectivity index (χ2n) is 8.02. The second-order valence-corrected chi connectivity index (χ2v) is 8.02. The highest BCUT2D eigenvalue weighted by molar-refractivity contribution is 5.32. The summed E-state index contributed by atoms with van der Waals surface area (Å²) in [7, 11) is 0. The van der Waals surface area contributed by atoms with E-state index in [9.17, 15) is 10.2 Å². The topological polar surface area (TPSA) is 52.9 Å². The summed E-state index contributed by atoms with van der Waals surface area (Å²) in [5.41, 5.74) is 1.92. The number of β-amino-alcohol motifs (C(OH)–C–C–N with tert-alkyl or cyclic N) is 1. The van der Waals surface area contributed by atoms with E-state index < -0.39 is 11.7 Å². The van der Waals surface area contributed by atoms with E-state index in [0.29, 0.717) is 19.6 Å². The fourth-order valence-corrected chi connectivity index (χ4v) is 4.03. The van der Waals surface area contributed by atoms with Gasteiger partial charge in [0.1, 0.15) is 18.0 Å². The molecule has 0 amide bonds. The van der Waals surface area contributed by atoms with Gasteiger partial charge in [0, 0.05) is 19.6 Å². The Balaban J connectivity index is 1.33. The van der Waals surface area contributed by atoms with Crippen molar-refractivity contribution in [2.75, 3.05) is 19.6 Å². The summed E-state index contributed by atoms with van der Waals surface area (Å²) in [5.74, 6) is 0.751. The maximum Gasteiger partial charge on any atom is 0.119 e. The first-order valence-corrected chi connectivity index (χ1v) is 10.6. The van der Waals surface area contributed by atoms with E-state index in [-0.39, 0.29) is 0 Å². The Morgan fingerprint density at radius 3 is 2.13 bits per heavy atom. The molecule has 3 aromatic rings. The molecule has 0 unspecified atom stereocenters. The number of hydrogen-bond donors (Lipinski definition) is 2. The molecule has 4 heteroatoms. The molecule has 1 heterocycles. The Hall–Kier alpha value is -2.66. The van der Waals surface area contributed by atoms with Crippen LogP contribution in [0.2, 0.25) is 0 Å². The molecule has 1 aliphatic rings. The second kappa shape index (κ2) is 9.43. The molecule has 0 saturated carbocycles. The van der Waals surface area contributed by atoms with Gasteiger partial charge in [-0.1, -0.05) is 72.8 Å². The van der Waals surface area contributed by atoms with Gasteiger partial charge in [0.15, 0.2) is 0 Å². The number of hydrogen-bond acceptors (Lipinski definition) is 4. The van der Waals surface area contributed by atoms with Gasteiger partial charge in [-0.3, -0.25) is 0 Å². The van der Waals surface area contributed by atoms with Crippen LogP contribution in [0, 0.1) is 0 Å². The van der Waals surface area contributed by atoms with Crippen molar-refractivity contribution in [1.82, 2.24) is 4.90 Å². The zero-order valence-corrected chi connectivity index (χ0v) is 17.2. The Kier molecular flexibility index (Phi) is 6.48. The van der Waals surface area contributed by atoms with Crippen LogP contribution in [0.5, 0.6) is 5.75 Å². The van der Waals surface area contributed by atoms with Crippen LogP contribution in [-0.4, -0.2) is 40.9 Å². The molecule has 2 atom stereocenters. The van der Waals surface area contributed by atoms with Gasteiger partial charge in [0.05, 0.1) is 6.10 Å². The van der Waals surface area contributed by atoms with Gasteiger partial charge in [-0.2, -0.15) is 0 Å². The van der Waals surface area contributed by atoms with Crippen LogP contribution >= 0.6 is 0 Å². The van der Waals surface area contributed by atoms with Crippen LogP contribution in [0.3, 0.4) is 0 Å². The highest BCUT2D eigenvalue weighted by atomic mass is 16.5. The maximum atomic E-state index is 11.2. The highest BCUT2D eigenvalue weighted by Gasteiger charge is 2.41. The molecule has 0 aliphatic carbocycles. The summed E-state index contributed by atoms with van der Waals surface area (Å²) in [5, 5.41) is 21.9. The van der Waals surface area contributed by atoms with Gasteiger partial charge in [0.25, 0.3) is 0 Å². The number of aliphatic hydroxyl groups is 2. The molecule has 1 saturated heterocycles. The molecular formula is C26H29NO3. The van der Waals surface area contributed by atoms with Crippen molar-refractivity contribution in [3.63, 3.8) is 0 Å². The monoisotopic (exact) mass is 403 g/mol. The smallest absolute Gasteiger partial charge is 0.119 e. The predicted molar refractivity (Wildman–Crippen MR) is 118 cm³/mol. The molecule has 3 aromatic carbocycles. The van der Waals surface area contributed by atoms with E-state index in [4.69, 9.17) is 4.74 Å². The number of benzene rings is 3. The third-order valence-electron chi connectivity index (χ3n) is 5.95. The first-order chi connectivity index (χ1) is 14.6. The van der Waals surface area contributed by atoms with Crippen molar-refractivity contribution in [2.45, 2.75) is 31.2 Å². The third kappa shape index (κ3) is 4.90. The lowest BCUT2D eigenvalue weighted by Gasteiger charge is -2.42. The molecule has 4 nitrogen and oxygen atoms in total. The first-order valence-electron chi connectivity index (χ1n) is 10.6. The number of piperidine rings is 1. The predicted octanol–water partition coefficient (Wildman–Crippen LogP) is 3.76. The molecule has 0 aromatic heterocycles. The fraction of sp³-hybridized carbons (Fsp3) is 0.308. The molecule has 156 valence electrons. The molecule has 2 N–H and O–H groups in total. The number of aliphatic hydroxyl groups excluding tert-OH is 1. The molecule has 1 aliphatic heterocycles. The number of likely N-dealkylation sites (tertiary alicyclic amines) is 1. The Labute approximate surface area is 178 Å². The van der Waals surface area contributed by atoms with Crippen molar-refractivity contribution in [3.05, 3.63) is 102 Å².